The first-order valence-electron chi connectivity index (χ1n) is 11.3. The van der Waals surface area contributed by atoms with Crippen LogP contribution in [-0.2, 0) is 4.79 Å². The van der Waals surface area contributed by atoms with Crippen LogP contribution in [0.25, 0.3) is 0 Å². The molecule has 0 rings (SSSR count). The molecule has 3 nitrogen and oxygen atoms in total. The fourth-order valence-electron chi connectivity index (χ4n) is 3.13. The number of carbonyl (C=O) groups is 1. The Hall–Kier alpha value is -0.570. The average molecular weight is 372 g/mol. The van der Waals surface area contributed by atoms with Crippen LogP contribution in [0.4, 0.5) is 0 Å². The lowest BCUT2D eigenvalue weighted by molar-refractivity contribution is -0.870. The molecule has 0 radical (unpaired) electrons. The van der Waals surface area contributed by atoms with E-state index in [1.165, 1.54) is 109 Å². The van der Waals surface area contributed by atoms with Crippen LogP contribution in [0.2, 0.25) is 0 Å². The van der Waals surface area contributed by atoms with Crippen molar-refractivity contribution in [1.29, 1.82) is 0 Å². The predicted molar refractivity (Wildman–Crippen MR) is 113 cm³/mol. The van der Waals surface area contributed by atoms with Gasteiger partial charge in [-0.1, -0.05) is 96.8 Å². The summed E-state index contributed by atoms with van der Waals surface area (Å²) in [4.78, 5) is 8.89. The lowest BCUT2D eigenvalue weighted by Gasteiger charge is -2.23. The minimum Gasteiger partial charge on any atom is -0.550 e. The molecule has 0 heterocycles. The zero-order valence-corrected chi connectivity index (χ0v) is 18.8. The molecular formula is C23H49NO2. The average Bonchev–Trinajstić information content (AvgIpc) is 2.53. The molecule has 0 amide bonds. The second kappa shape index (κ2) is 20.7. The van der Waals surface area contributed by atoms with Crippen LogP contribution in [0.3, 0.4) is 0 Å². The van der Waals surface area contributed by atoms with Gasteiger partial charge in [-0.25, -0.2) is 0 Å². The van der Waals surface area contributed by atoms with Gasteiger partial charge in [-0.2, -0.15) is 0 Å². The monoisotopic (exact) mass is 371 g/mol. The minimum atomic E-state index is -1.08. The fourth-order valence-corrected chi connectivity index (χ4v) is 3.13. The summed E-state index contributed by atoms with van der Waals surface area (Å²) in [5, 5.41) is 8.89. The van der Waals surface area contributed by atoms with E-state index >= 15 is 0 Å². The molecule has 0 aromatic carbocycles. The van der Waals surface area contributed by atoms with Gasteiger partial charge in [0.25, 0.3) is 0 Å². The molecule has 0 aliphatic heterocycles. The van der Waals surface area contributed by atoms with Crippen LogP contribution in [0.5, 0.6) is 0 Å². The number of hydrogen-bond acceptors (Lipinski definition) is 2. The molecule has 3 heteroatoms. The number of carboxylic acid groups (broad SMARTS) is 1. The third kappa shape index (κ3) is 34.7. The molecule has 0 aliphatic carbocycles. The van der Waals surface area contributed by atoms with Gasteiger partial charge in [-0.15, -0.1) is 0 Å². The molecule has 0 saturated carbocycles. The standard InChI is InChI=1S/C21H46N.C2H4O2/c1-5-6-7-8-9-10-11-12-13-14-15-16-17-18-19-20-21-22(2,3)4;1-2(3)4/h5-21H2,1-4H3;1H3,(H,3,4)/q+1;/p-1. The number of carboxylic acids is 1. The molecule has 0 aliphatic rings. The van der Waals surface area contributed by atoms with E-state index in [0.717, 1.165) is 11.4 Å². The lowest BCUT2D eigenvalue weighted by Crippen LogP contribution is -2.35. The van der Waals surface area contributed by atoms with E-state index in [1.54, 1.807) is 0 Å². The van der Waals surface area contributed by atoms with Crippen molar-refractivity contribution in [3.8, 4) is 0 Å². The van der Waals surface area contributed by atoms with E-state index in [2.05, 4.69) is 28.1 Å². The SMILES string of the molecule is CC(=O)[O-].CCCCCCCCCCCCCCCCCC[N+](C)(C)C. The van der Waals surface area contributed by atoms with E-state index in [4.69, 9.17) is 9.90 Å². The Morgan fingerprint density at radius 1 is 0.615 bits per heavy atom. The molecule has 0 saturated heterocycles. The zero-order chi connectivity index (χ0) is 20.1. The first kappa shape index (κ1) is 27.6. The molecule has 26 heavy (non-hydrogen) atoms. The summed E-state index contributed by atoms with van der Waals surface area (Å²) in [7, 11) is 6.89. The normalized spacial score (nSPS) is 11.1. The van der Waals surface area contributed by atoms with Crippen molar-refractivity contribution in [3.05, 3.63) is 0 Å². The van der Waals surface area contributed by atoms with Gasteiger partial charge in [0, 0.05) is 5.97 Å². The Labute approximate surface area is 165 Å². The number of nitrogens with zero attached hydrogens (tertiary/aromatic N) is 1. The molecule has 0 spiro atoms. The highest BCUT2D eigenvalue weighted by molar-refractivity contribution is 5.60. The van der Waals surface area contributed by atoms with Crippen LogP contribution in [-0.4, -0.2) is 38.1 Å². The van der Waals surface area contributed by atoms with Gasteiger partial charge >= 0.3 is 0 Å². The number of hydrogen-bond donors (Lipinski definition) is 0. The Morgan fingerprint density at radius 2 is 0.846 bits per heavy atom. The maximum absolute atomic E-state index is 8.89. The van der Waals surface area contributed by atoms with Crippen LogP contribution in [0.1, 0.15) is 117 Å². The highest BCUT2D eigenvalue weighted by Crippen LogP contribution is 2.13. The van der Waals surface area contributed by atoms with Crippen molar-refractivity contribution in [2.24, 2.45) is 0 Å². The minimum absolute atomic E-state index is 0.972. The van der Waals surface area contributed by atoms with E-state index in [1.807, 2.05) is 0 Å². The lowest BCUT2D eigenvalue weighted by atomic mass is 10.0. The maximum Gasteiger partial charge on any atom is 0.0780 e. The molecule has 0 N–H and O–H groups in total. The first-order chi connectivity index (χ1) is 12.3. The van der Waals surface area contributed by atoms with Crippen molar-refractivity contribution in [3.63, 3.8) is 0 Å². The number of rotatable bonds is 17. The second-order valence-corrected chi connectivity index (χ2v) is 8.81. The number of unbranched alkanes of at least 4 members (excludes halogenated alkanes) is 15. The summed E-state index contributed by atoms with van der Waals surface area (Å²) in [6.45, 7) is 4.60. The van der Waals surface area contributed by atoms with Crippen molar-refractivity contribution in [2.45, 2.75) is 117 Å². The van der Waals surface area contributed by atoms with Crippen LogP contribution in [0, 0.1) is 0 Å². The Balaban J connectivity index is 0. The summed E-state index contributed by atoms with van der Waals surface area (Å²) in [5.74, 6) is -1.08. The Bertz CT molecular complexity index is 280. The Kier molecular flexibility index (Phi) is 22.1. The van der Waals surface area contributed by atoms with Crippen molar-refractivity contribution in [2.75, 3.05) is 27.7 Å². The molecule has 0 atom stereocenters. The van der Waals surface area contributed by atoms with Gasteiger partial charge in [0.15, 0.2) is 0 Å². The van der Waals surface area contributed by atoms with Gasteiger partial charge in [-0.05, 0) is 19.8 Å². The van der Waals surface area contributed by atoms with Crippen LogP contribution < -0.4 is 5.11 Å². The number of aliphatic carboxylic acids is 1. The Morgan fingerprint density at radius 3 is 1.08 bits per heavy atom. The summed E-state index contributed by atoms with van der Waals surface area (Å²) < 4.78 is 1.12. The molecular weight excluding hydrogens is 322 g/mol. The van der Waals surface area contributed by atoms with Crippen LogP contribution >= 0.6 is 0 Å². The summed E-state index contributed by atoms with van der Waals surface area (Å²) in [6.07, 6.45) is 23.4. The van der Waals surface area contributed by atoms with Crippen molar-refractivity contribution < 1.29 is 14.4 Å². The smallest absolute Gasteiger partial charge is 0.0780 e. The van der Waals surface area contributed by atoms with E-state index in [-0.39, 0.29) is 0 Å². The third-order valence-electron chi connectivity index (χ3n) is 4.68. The molecule has 0 fully saturated rings. The van der Waals surface area contributed by atoms with Gasteiger partial charge in [0.05, 0.1) is 27.7 Å². The van der Waals surface area contributed by atoms with E-state index in [0.29, 0.717) is 0 Å². The summed E-state index contributed by atoms with van der Waals surface area (Å²) in [5.41, 5.74) is 0. The zero-order valence-electron chi connectivity index (χ0n) is 18.8. The first-order valence-corrected chi connectivity index (χ1v) is 11.3. The maximum atomic E-state index is 8.89. The molecule has 0 bridgehead atoms. The molecule has 158 valence electrons. The summed E-state index contributed by atoms with van der Waals surface area (Å²) >= 11 is 0. The fraction of sp³-hybridized carbons (Fsp3) is 0.957. The van der Waals surface area contributed by atoms with Crippen molar-refractivity contribution >= 4 is 5.97 Å². The van der Waals surface area contributed by atoms with Gasteiger partial charge in [0.2, 0.25) is 0 Å². The van der Waals surface area contributed by atoms with E-state index in [9.17, 15) is 0 Å². The summed E-state index contributed by atoms with van der Waals surface area (Å²) in [6, 6.07) is 0. The van der Waals surface area contributed by atoms with E-state index < -0.39 is 5.97 Å². The molecule has 0 aromatic rings. The molecule has 0 unspecified atom stereocenters. The largest absolute Gasteiger partial charge is 0.550 e. The third-order valence-corrected chi connectivity index (χ3v) is 4.68. The highest BCUT2D eigenvalue weighted by atomic mass is 16.4. The topological polar surface area (TPSA) is 40.1 Å². The van der Waals surface area contributed by atoms with Crippen LogP contribution in [0.15, 0.2) is 0 Å². The van der Waals surface area contributed by atoms with Gasteiger partial charge in [-0.3, -0.25) is 0 Å². The quantitative estimate of drug-likeness (QED) is 0.243. The highest BCUT2D eigenvalue weighted by Gasteiger charge is 2.04. The van der Waals surface area contributed by atoms with Gasteiger partial charge < -0.3 is 14.4 Å². The predicted octanol–water partition coefficient (Wildman–Crippen LogP) is 5.71. The van der Waals surface area contributed by atoms with Crippen molar-refractivity contribution in [1.82, 2.24) is 0 Å². The number of quaternary nitrogens is 1. The van der Waals surface area contributed by atoms with Gasteiger partial charge in [0.1, 0.15) is 0 Å². The second-order valence-electron chi connectivity index (χ2n) is 8.81. The number of carbonyl (C=O) groups excluding carboxylic acids is 1. The molecule has 0 aromatic heterocycles.